The van der Waals surface area contributed by atoms with E-state index in [1.807, 2.05) is 18.2 Å². The molecule has 1 aromatic heterocycles. The molecular weight excluding hydrogens is 238 g/mol. The highest BCUT2D eigenvalue weighted by Crippen LogP contribution is 2.33. The lowest BCUT2D eigenvalue weighted by atomic mass is 9.86. The molecule has 0 saturated carbocycles. The van der Waals surface area contributed by atoms with Crippen molar-refractivity contribution in [1.82, 2.24) is 4.98 Å². The van der Waals surface area contributed by atoms with Gasteiger partial charge in [0.05, 0.1) is 0 Å². The number of hydrogen-bond acceptors (Lipinski definition) is 3. The van der Waals surface area contributed by atoms with Crippen molar-refractivity contribution in [2.75, 3.05) is 0 Å². The van der Waals surface area contributed by atoms with E-state index in [0.29, 0.717) is 11.4 Å². The summed E-state index contributed by atoms with van der Waals surface area (Å²) >= 11 is 0. The van der Waals surface area contributed by atoms with Crippen LogP contribution in [0.5, 0.6) is 11.6 Å². The molecule has 0 spiro atoms. The maximum absolute atomic E-state index is 10.6. The van der Waals surface area contributed by atoms with Gasteiger partial charge in [-0.25, -0.2) is 4.98 Å². The molecule has 2 rings (SSSR count). The van der Waals surface area contributed by atoms with Crippen LogP contribution in [0.3, 0.4) is 0 Å². The molecule has 1 aromatic carbocycles. The van der Waals surface area contributed by atoms with E-state index in [9.17, 15) is 4.79 Å². The summed E-state index contributed by atoms with van der Waals surface area (Å²) in [5.41, 5.74) is 1.66. The van der Waals surface area contributed by atoms with Crippen molar-refractivity contribution in [3.8, 4) is 11.6 Å². The highest BCUT2D eigenvalue weighted by molar-refractivity contribution is 5.74. The van der Waals surface area contributed by atoms with Crippen LogP contribution in [0.25, 0.3) is 0 Å². The molecule has 0 aliphatic carbocycles. The number of carbonyl (C=O) groups is 1. The Morgan fingerprint density at radius 2 is 1.84 bits per heavy atom. The fourth-order valence-electron chi connectivity index (χ4n) is 1.81. The third-order valence-electron chi connectivity index (χ3n) is 2.80. The predicted molar refractivity (Wildman–Crippen MR) is 74.8 cm³/mol. The molecule has 0 aliphatic rings. The van der Waals surface area contributed by atoms with Gasteiger partial charge in [0.2, 0.25) is 5.88 Å². The molecule has 2 aromatic rings. The molecule has 0 unspecified atom stereocenters. The summed E-state index contributed by atoms with van der Waals surface area (Å²) in [5.74, 6) is 1.28. The van der Waals surface area contributed by atoms with Gasteiger partial charge in [0.25, 0.3) is 0 Å². The zero-order chi connectivity index (χ0) is 13.9. The Kier molecular flexibility index (Phi) is 3.65. The lowest BCUT2D eigenvalue weighted by molar-refractivity contribution is 0.112. The Bertz CT molecular complexity index is 568. The SMILES string of the molecule is CC(C)(C)c1ccccc1Oc1ccc(C=O)cn1. The fourth-order valence-corrected chi connectivity index (χ4v) is 1.81. The summed E-state index contributed by atoms with van der Waals surface area (Å²) < 4.78 is 5.81. The summed E-state index contributed by atoms with van der Waals surface area (Å²) in [6.45, 7) is 6.41. The summed E-state index contributed by atoms with van der Waals surface area (Å²) in [7, 11) is 0. The molecule has 0 aliphatic heterocycles. The summed E-state index contributed by atoms with van der Waals surface area (Å²) in [4.78, 5) is 14.7. The maximum Gasteiger partial charge on any atom is 0.219 e. The first-order valence-electron chi connectivity index (χ1n) is 6.19. The van der Waals surface area contributed by atoms with Gasteiger partial charge in [-0.1, -0.05) is 39.0 Å². The lowest BCUT2D eigenvalue weighted by Crippen LogP contribution is -2.12. The van der Waals surface area contributed by atoms with Gasteiger partial charge in [-0.2, -0.15) is 0 Å². The molecule has 3 heteroatoms. The summed E-state index contributed by atoms with van der Waals surface area (Å²) in [6, 6.07) is 11.3. The van der Waals surface area contributed by atoms with Crippen molar-refractivity contribution in [2.45, 2.75) is 26.2 Å². The van der Waals surface area contributed by atoms with Gasteiger partial charge < -0.3 is 4.74 Å². The van der Waals surface area contributed by atoms with E-state index in [-0.39, 0.29) is 5.41 Å². The van der Waals surface area contributed by atoms with Crippen LogP contribution in [0.2, 0.25) is 0 Å². The highest BCUT2D eigenvalue weighted by Gasteiger charge is 2.18. The lowest BCUT2D eigenvalue weighted by Gasteiger charge is -2.22. The molecule has 0 bridgehead atoms. The summed E-state index contributed by atoms with van der Waals surface area (Å²) in [6.07, 6.45) is 2.27. The molecule has 3 nitrogen and oxygen atoms in total. The predicted octanol–water partition coefficient (Wildman–Crippen LogP) is 3.98. The van der Waals surface area contributed by atoms with Gasteiger partial charge in [0, 0.05) is 23.4 Å². The summed E-state index contributed by atoms with van der Waals surface area (Å²) in [5, 5.41) is 0. The zero-order valence-corrected chi connectivity index (χ0v) is 11.4. The molecule has 0 amide bonds. The molecule has 0 fully saturated rings. The number of pyridine rings is 1. The van der Waals surface area contributed by atoms with Gasteiger partial charge in [-0.15, -0.1) is 0 Å². The smallest absolute Gasteiger partial charge is 0.219 e. The van der Waals surface area contributed by atoms with Crippen molar-refractivity contribution >= 4 is 6.29 Å². The normalized spacial score (nSPS) is 11.1. The van der Waals surface area contributed by atoms with Crippen LogP contribution in [0.15, 0.2) is 42.6 Å². The average molecular weight is 255 g/mol. The van der Waals surface area contributed by atoms with E-state index in [2.05, 4.69) is 31.8 Å². The first kappa shape index (κ1) is 13.3. The molecule has 0 saturated heterocycles. The molecule has 0 atom stereocenters. The minimum atomic E-state index is -0.000664. The molecule has 1 heterocycles. The largest absolute Gasteiger partial charge is 0.439 e. The van der Waals surface area contributed by atoms with Crippen LogP contribution < -0.4 is 4.74 Å². The number of benzene rings is 1. The molecule has 98 valence electrons. The Morgan fingerprint density at radius 1 is 1.11 bits per heavy atom. The van der Waals surface area contributed by atoms with E-state index in [4.69, 9.17) is 4.74 Å². The molecule has 0 N–H and O–H groups in total. The van der Waals surface area contributed by atoms with E-state index < -0.39 is 0 Å². The Balaban J connectivity index is 2.30. The van der Waals surface area contributed by atoms with Crippen LogP contribution >= 0.6 is 0 Å². The van der Waals surface area contributed by atoms with Crippen LogP contribution in [0, 0.1) is 0 Å². The minimum Gasteiger partial charge on any atom is -0.439 e. The van der Waals surface area contributed by atoms with Gasteiger partial charge >= 0.3 is 0 Å². The van der Waals surface area contributed by atoms with Crippen molar-refractivity contribution < 1.29 is 9.53 Å². The van der Waals surface area contributed by atoms with Crippen LogP contribution in [-0.4, -0.2) is 11.3 Å². The fraction of sp³-hybridized carbons (Fsp3) is 0.250. The van der Waals surface area contributed by atoms with Crippen LogP contribution in [0.4, 0.5) is 0 Å². The monoisotopic (exact) mass is 255 g/mol. The number of nitrogens with zero attached hydrogens (tertiary/aromatic N) is 1. The van der Waals surface area contributed by atoms with Gasteiger partial charge in [0.1, 0.15) is 5.75 Å². The zero-order valence-electron chi connectivity index (χ0n) is 11.4. The van der Waals surface area contributed by atoms with Crippen LogP contribution in [-0.2, 0) is 5.41 Å². The molecular formula is C16H17NO2. The third kappa shape index (κ3) is 3.19. The molecule has 0 radical (unpaired) electrons. The second-order valence-corrected chi connectivity index (χ2v) is 5.40. The van der Waals surface area contributed by atoms with E-state index in [0.717, 1.165) is 17.6 Å². The Hall–Kier alpha value is -2.16. The Labute approximate surface area is 113 Å². The van der Waals surface area contributed by atoms with E-state index in [1.54, 1.807) is 12.1 Å². The van der Waals surface area contributed by atoms with Crippen molar-refractivity contribution in [2.24, 2.45) is 0 Å². The topological polar surface area (TPSA) is 39.2 Å². The van der Waals surface area contributed by atoms with Crippen LogP contribution in [0.1, 0.15) is 36.7 Å². The third-order valence-corrected chi connectivity index (χ3v) is 2.80. The molecule has 19 heavy (non-hydrogen) atoms. The second-order valence-electron chi connectivity index (χ2n) is 5.40. The minimum absolute atomic E-state index is 0.000664. The number of rotatable bonds is 3. The number of carbonyl (C=O) groups excluding carboxylic acids is 1. The van der Waals surface area contributed by atoms with Crippen molar-refractivity contribution in [3.63, 3.8) is 0 Å². The first-order valence-corrected chi connectivity index (χ1v) is 6.19. The van der Waals surface area contributed by atoms with Crippen molar-refractivity contribution in [1.29, 1.82) is 0 Å². The van der Waals surface area contributed by atoms with E-state index >= 15 is 0 Å². The number of ether oxygens (including phenoxy) is 1. The number of aldehydes is 1. The van der Waals surface area contributed by atoms with Gasteiger partial charge in [-0.3, -0.25) is 4.79 Å². The standard InChI is InChI=1S/C16H17NO2/c1-16(2,3)13-6-4-5-7-14(13)19-15-9-8-12(11-18)10-17-15/h4-11H,1-3H3. The van der Waals surface area contributed by atoms with Gasteiger partial charge in [-0.05, 0) is 17.5 Å². The van der Waals surface area contributed by atoms with E-state index in [1.165, 1.54) is 6.20 Å². The number of aromatic nitrogens is 1. The number of para-hydroxylation sites is 1. The Morgan fingerprint density at radius 3 is 2.42 bits per heavy atom. The quantitative estimate of drug-likeness (QED) is 0.778. The maximum atomic E-state index is 10.6. The number of hydrogen-bond donors (Lipinski definition) is 0. The second kappa shape index (κ2) is 5.22. The van der Waals surface area contributed by atoms with Crippen molar-refractivity contribution in [3.05, 3.63) is 53.7 Å². The van der Waals surface area contributed by atoms with Gasteiger partial charge in [0.15, 0.2) is 6.29 Å². The first-order chi connectivity index (χ1) is 9.00. The average Bonchev–Trinajstić information content (AvgIpc) is 2.39. The highest BCUT2D eigenvalue weighted by atomic mass is 16.5.